The van der Waals surface area contributed by atoms with Crippen LogP contribution < -0.4 is 9.47 Å². The average molecular weight is 395 g/mol. The molecule has 1 aliphatic heterocycles. The van der Waals surface area contributed by atoms with Gasteiger partial charge in [-0.3, -0.25) is 9.59 Å². The van der Waals surface area contributed by atoms with Crippen LogP contribution in [0, 0.1) is 0 Å². The van der Waals surface area contributed by atoms with Gasteiger partial charge in [-0.15, -0.1) is 0 Å². The monoisotopic (exact) mass is 395 g/mol. The first-order valence-corrected chi connectivity index (χ1v) is 9.42. The molecule has 29 heavy (non-hydrogen) atoms. The number of rotatable bonds is 7. The minimum atomic E-state index is -0.519. The number of carbonyl (C=O) groups is 2. The summed E-state index contributed by atoms with van der Waals surface area (Å²) in [6.07, 6.45) is 3.17. The lowest BCUT2D eigenvalue weighted by Gasteiger charge is -2.38. The minimum Gasteiger partial charge on any atom is -0.497 e. The SMILES string of the molecule is COc1ccc(CN2C(=O)C=C[C@H](OC(C)=O)[C@@H]2Cc2ccccc2)c(OC)c1. The van der Waals surface area contributed by atoms with E-state index < -0.39 is 6.10 Å². The molecule has 0 bridgehead atoms. The standard InChI is InChI=1S/C23H25NO5/c1-16(25)29-21-11-12-23(26)24(20(21)13-17-7-5-4-6-8-17)15-18-9-10-19(27-2)14-22(18)28-3/h4-12,14,20-21H,13,15H2,1-3H3/t20-,21-/m0/s1. The topological polar surface area (TPSA) is 65.1 Å². The smallest absolute Gasteiger partial charge is 0.303 e. The van der Waals surface area contributed by atoms with Crippen LogP contribution in [0.5, 0.6) is 11.5 Å². The minimum absolute atomic E-state index is 0.132. The fourth-order valence-electron chi connectivity index (χ4n) is 3.49. The molecule has 2 aromatic carbocycles. The summed E-state index contributed by atoms with van der Waals surface area (Å²) < 4.78 is 16.3. The second-order valence-electron chi connectivity index (χ2n) is 6.83. The van der Waals surface area contributed by atoms with Crippen LogP contribution in [-0.4, -0.2) is 43.1 Å². The number of nitrogens with zero attached hydrogens (tertiary/aromatic N) is 1. The van der Waals surface area contributed by atoms with Gasteiger partial charge in [-0.2, -0.15) is 0 Å². The van der Waals surface area contributed by atoms with Crippen LogP contribution in [0.3, 0.4) is 0 Å². The fraction of sp³-hybridized carbons (Fsp3) is 0.304. The van der Waals surface area contributed by atoms with E-state index in [-0.39, 0.29) is 17.9 Å². The molecule has 2 aromatic rings. The number of carbonyl (C=O) groups excluding carboxylic acids is 2. The highest BCUT2D eigenvalue weighted by Gasteiger charge is 2.35. The van der Waals surface area contributed by atoms with Crippen molar-refractivity contribution in [3.05, 3.63) is 71.8 Å². The van der Waals surface area contributed by atoms with Gasteiger partial charge in [-0.05, 0) is 30.2 Å². The van der Waals surface area contributed by atoms with Crippen LogP contribution in [0.25, 0.3) is 0 Å². The zero-order valence-corrected chi connectivity index (χ0v) is 16.8. The van der Waals surface area contributed by atoms with E-state index in [2.05, 4.69) is 0 Å². The molecule has 0 unspecified atom stereocenters. The van der Waals surface area contributed by atoms with Crippen molar-refractivity contribution in [1.29, 1.82) is 0 Å². The highest BCUT2D eigenvalue weighted by atomic mass is 16.5. The van der Waals surface area contributed by atoms with Gasteiger partial charge in [0.15, 0.2) is 0 Å². The van der Waals surface area contributed by atoms with Crippen molar-refractivity contribution >= 4 is 11.9 Å². The Labute approximate surface area is 170 Å². The van der Waals surface area contributed by atoms with Gasteiger partial charge in [0, 0.05) is 24.6 Å². The van der Waals surface area contributed by atoms with Crippen molar-refractivity contribution in [1.82, 2.24) is 4.90 Å². The lowest BCUT2D eigenvalue weighted by Crippen LogP contribution is -2.50. The lowest BCUT2D eigenvalue weighted by atomic mass is 9.95. The highest BCUT2D eigenvalue weighted by molar-refractivity contribution is 5.89. The van der Waals surface area contributed by atoms with Gasteiger partial charge in [0.05, 0.1) is 26.8 Å². The molecule has 1 aliphatic rings. The van der Waals surface area contributed by atoms with Crippen molar-refractivity contribution in [2.24, 2.45) is 0 Å². The zero-order chi connectivity index (χ0) is 20.8. The van der Waals surface area contributed by atoms with Gasteiger partial charge < -0.3 is 19.1 Å². The molecule has 0 radical (unpaired) electrons. The maximum Gasteiger partial charge on any atom is 0.303 e. The Bertz CT molecular complexity index is 893. The van der Waals surface area contributed by atoms with E-state index in [1.54, 1.807) is 31.3 Å². The molecule has 0 saturated carbocycles. The molecule has 1 amide bonds. The summed E-state index contributed by atoms with van der Waals surface area (Å²) in [4.78, 5) is 26.1. The predicted molar refractivity (Wildman–Crippen MR) is 109 cm³/mol. The van der Waals surface area contributed by atoms with Crippen molar-refractivity contribution in [2.45, 2.75) is 32.0 Å². The summed E-state index contributed by atoms with van der Waals surface area (Å²) in [7, 11) is 3.17. The number of ether oxygens (including phenoxy) is 3. The van der Waals surface area contributed by atoms with Crippen LogP contribution in [-0.2, 0) is 27.3 Å². The Morgan fingerprint density at radius 2 is 1.83 bits per heavy atom. The summed E-state index contributed by atoms with van der Waals surface area (Å²) in [6.45, 7) is 1.70. The van der Waals surface area contributed by atoms with Gasteiger partial charge in [0.1, 0.15) is 17.6 Å². The summed E-state index contributed by atoms with van der Waals surface area (Å²) in [5.41, 5.74) is 1.90. The fourth-order valence-corrected chi connectivity index (χ4v) is 3.49. The quantitative estimate of drug-likeness (QED) is 0.674. The van der Waals surface area contributed by atoms with Crippen molar-refractivity contribution in [2.75, 3.05) is 14.2 Å². The molecule has 6 nitrogen and oxygen atoms in total. The number of hydrogen-bond acceptors (Lipinski definition) is 5. The number of esters is 1. The molecule has 0 aromatic heterocycles. The second kappa shape index (κ2) is 9.28. The summed E-state index contributed by atoms with van der Waals surface area (Å²) in [6, 6.07) is 15.0. The van der Waals surface area contributed by atoms with Crippen molar-refractivity contribution in [3.63, 3.8) is 0 Å². The maximum atomic E-state index is 12.8. The van der Waals surface area contributed by atoms with E-state index >= 15 is 0 Å². The molecule has 6 heteroatoms. The molecular weight excluding hydrogens is 370 g/mol. The highest BCUT2D eigenvalue weighted by Crippen LogP contribution is 2.29. The average Bonchev–Trinajstić information content (AvgIpc) is 2.73. The predicted octanol–water partition coefficient (Wildman–Crippen LogP) is 3.15. The van der Waals surface area contributed by atoms with E-state index in [4.69, 9.17) is 14.2 Å². The van der Waals surface area contributed by atoms with Gasteiger partial charge in [0.25, 0.3) is 0 Å². The van der Waals surface area contributed by atoms with Crippen molar-refractivity contribution < 1.29 is 23.8 Å². The van der Waals surface area contributed by atoms with E-state index in [0.29, 0.717) is 24.5 Å². The molecule has 2 atom stereocenters. The molecule has 1 heterocycles. The van der Waals surface area contributed by atoms with E-state index in [1.807, 2.05) is 42.5 Å². The van der Waals surface area contributed by atoms with Gasteiger partial charge in [0.2, 0.25) is 5.91 Å². The van der Waals surface area contributed by atoms with Crippen LogP contribution in [0.15, 0.2) is 60.7 Å². The van der Waals surface area contributed by atoms with Gasteiger partial charge >= 0.3 is 5.97 Å². The van der Waals surface area contributed by atoms with Crippen LogP contribution >= 0.6 is 0 Å². The van der Waals surface area contributed by atoms with Crippen molar-refractivity contribution in [3.8, 4) is 11.5 Å². The third-order valence-electron chi connectivity index (χ3n) is 4.92. The van der Waals surface area contributed by atoms with E-state index in [1.165, 1.54) is 13.0 Å². The van der Waals surface area contributed by atoms with Gasteiger partial charge in [-0.1, -0.05) is 30.3 Å². The lowest BCUT2D eigenvalue weighted by molar-refractivity contribution is -0.151. The Balaban J connectivity index is 1.93. The first-order chi connectivity index (χ1) is 14.0. The zero-order valence-electron chi connectivity index (χ0n) is 16.8. The third kappa shape index (κ3) is 4.96. The van der Waals surface area contributed by atoms with Crippen LogP contribution in [0.1, 0.15) is 18.1 Å². The first-order valence-electron chi connectivity index (χ1n) is 9.42. The molecule has 0 aliphatic carbocycles. The Morgan fingerprint density at radius 3 is 2.48 bits per heavy atom. The summed E-state index contributed by atoms with van der Waals surface area (Å²) in [5.74, 6) is 0.796. The molecule has 0 spiro atoms. The molecule has 152 valence electrons. The molecule has 0 saturated heterocycles. The molecule has 0 fully saturated rings. The van der Waals surface area contributed by atoms with E-state index in [9.17, 15) is 9.59 Å². The summed E-state index contributed by atoms with van der Waals surface area (Å²) >= 11 is 0. The van der Waals surface area contributed by atoms with Crippen LogP contribution in [0.4, 0.5) is 0 Å². The number of hydrogen-bond donors (Lipinski definition) is 0. The normalized spacial score (nSPS) is 18.4. The van der Waals surface area contributed by atoms with Crippen LogP contribution in [0.2, 0.25) is 0 Å². The Hall–Kier alpha value is -3.28. The maximum absolute atomic E-state index is 12.8. The van der Waals surface area contributed by atoms with Gasteiger partial charge in [-0.25, -0.2) is 0 Å². The number of methoxy groups -OCH3 is 2. The Kier molecular flexibility index (Phi) is 6.54. The largest absolute Gasteiger partial charge is 0.497 e. The number of benzene rings is 2. The molecule has 0 N–H and O–H groups in total. The molecule has 3 rings (SSSR count). The number of amides is 1. The molecular formula is C23H25NO5. The summed E-state index contributed by atoms with van der Waals surface area (Å²) in [5, 5.41) is 0. The third-order valence-corrected chi connectivity index (χ3v) is 4.92. The first kappa shape index (κ1) is 20.5. The second-order valence-corrected chi connectivity index (χ2v) is 6.83. The Morgan fingerprint density at radius 1 is 1.07 bits per heavy atom. The van der Waals surface area contributed by atoms with E-state index in [0.717, 1.165) is 11.1 Å².